The van der Waals surface area contributed by atoms with Crippen LogP contribution in [0.1, 0.15) is 64.2 Å². The Morgan fingerprint density at radius 3 is 2.61 bits per heavy atom. The van der Waals surface area contributed by atoms with E-state index in [9.17, 15) is 0 Å². The van der Waals surface area contributed by atoms with Crippen LogP contribution >= 0.6 is 0 Å². The highest BCUT2D eigenvalue weighted by molar-refractivity contribution is 5.04. The van der Waals surface area contributed by atoms with Crippen molar-refractivity contribution in [3.05, 3.63) is 0 Å². The zero-order valence-corrected chi connectivity index (χ0v) is 17.6. The fraction of sp³-hybridized carbons (Fsp3) is 1.00. The number of nitrogens with one attached hydrogen (secondary N) is 1. The summed E-state index contributed by atoms with van der Waals surface area (Å²) >= 11 is 0. The van der Waals surface area contributed by atoms with E-state index in [1.807, 2.05) is 0 Å². The Bertz CT molecular complexity index is 497. The third-order valence-electron chi connectivity index (χ3n) is 8.51. The van der Waals surface area contributed by atoms with Gasteiger partial charge >= 0.3 is 0 Å². The van der Waals surface area contributed by atoms with Crippen LogP contribution in [0.25, 0.3) is 0 Å². The molecule has 0 radical (unpaired) electrons. The van der Waals surface area contributed by atoms with E-state index in [4.69, 9.17) is 14.2 Å². The maximum Gasteiger partial charge on any atom is 0.0665 e. The zero-order valence-electron chi connectivity index (χ0n) is 17.6. The minimum atomic E-state index is 0.0707. The number of fused-ring (bicyclic) bond motifs is 5. The summed E-state index contributed by atoms with van der Waals surface area (Å²) in [6.07, 6.45) is 14.0. The predicted molar refractivity (Wildman–Crippen MR) is 110 cm³/mol. The summed E-state index contributed by atoms with van der Waals surface area (Å²) < 4.78 is 19.2. The van der Waals surface area contributed by atoms with Crippen molar-refractivity contribution < 1.29 is 14.2 Å². The largest absolute Gasteiger partial charge is 0.378 e. The number of piperidine rings is 1. The second-order valence-corrected chi connectivity index (χ2v) is 10.0. The number of morpholine rings is 1. The molecule has 4 saturated heterocycles. The SMILES string of the molecule is C1CCC2C3CCC(CC3)OC[C@H]3N(CCC[C@]34COCCN4)CCOC2C1. The molecule has 6 aliphatic rings. The molecule has 28 heavy (non-hydrogen) atoms. The second-order valence-electron chi connectivity index (χ2n) is 10.0. The van der Waals surface area contributed by atoms with Gasteiger partial charge in [0.15, 0.2) is 0 Å². The molecular formula is C23H40N2O3. The minimum absolute atomic E-state index is 0.0707. The monoisotopic (exact) mass is 392 g/mol. The topological polar surface area (TPSA) is 43.0 Å². The summed E-state index contributed by atoms with van der Waals surface area (Å²) in [5.41, 5.74) is 0.0707. The molecule has 0 aromatic heterocycles. The van der Waals surface area contributed by atoms with Crippen LogP contribution in [0.5, 0.6) is 0 Å². The number of hydrogen-bond acceptors (Lipinski definition) is 5. The van der Waals surface area contributed by atoms with Gasteiger partial charge in [-0.25, -0.2) is 0 Å². The average molecular weight is 393 g/mol. The summed E-state index contributed by atoms with van der Waals surface area (Å²) in [5.74, 6) is 1.67. The van der Waals surface area contributed by atoms with Crippen molar-refractivity contribution in [3.63, 3.8) is 0 Å². The number of rotatable bonds is 0. The maximum atomic E-state index is 6.60. The van der Waals surface area contributed by atoms with E-state index >= 15 is 0 Å². The van der Waals surface area contributed by atoms with Gasteiger partial charge in [-0.05, 0) is 69.7 Å². The lowest BCUT2D eigenvalue weighted by Crippen LogP contribution is -2.70. The molecule has 0 aromatic carbocycles. The maximum absolute atomic E-state index is 6.60. The highest BCUT2D eigenvalue weighted by Crippen LogP contribution is 2.41. The van der Waals surface area contributed by atoms with Crippen LogP contribution in [0.3, 0.4) is 0 Å². The fourth-order valence-electron chi connectivity index (χ4n) is 6.96. The second kappa shape index (κ2) is 8.89. The van der Waals surface area contributed by atoms with Crippen molar-refractivity contribution in [2.45, 2.75) is 88.0 Å². The van der Waals surface area contributed by atoms with Gasteiger partial charge < -0.3 is 19.5 Å². The molecule has 1 spiro atoms. The Balaban J connectivity index is 1.34. The Labute approximate surface area is 170 Å². The highest BCUT2D eigenvalue weighted by atomic mass is 16.5. The molecule has 6 rings (SSSR count). The number of hydrogen-bond donors (Lipinski definition) is 1. The molecule has 5 heteroatoms. The van der Waals surface area contributed by atoms with Gasteiger partial charge in [0.1, 0.15) is 0 Å². The van der Waals surface area contributed by atoms with Crippen molar-refractivity contribution in [2.24, 2.45) is 11.8 Å². The van der Waals surface area contributed by atoms with E-state index in [2.05, 4.69) is 10.2 Å². The lowest BCUT2D eigenvalue weighted by atomic mass is 9.71. The third-order valence-corrected chi connectivity index (χ3v) is 8.51. The van der Waals surface area contributed by atoms with Gasteiger partial charge in [0.05, 0.1) is 50.2 Å². The molecule has 0 amide bonds. The molecule has 4 heterocycles. The van der Waals surface area contributed by atoms with E-state index in [1.165, 1.54) is 70.8 Å². The molecule has 2 saturated carbocycles. The molecule has 4 atom stereocenters. The van der Waals surface area contributed by atoms with Crippen LogP contribution in [0, 0.1) is 11.8 Å². The van der Waals surface area contributed by atoms with Gasteiger partial charge in [0.25, 0.3) is 0 Å². The molecule has 6 fully saturated rings. The molecule has 5 nitrogen and oxygen atoms in total. The summed E-state index contributed by atoms with van der Waals surface area (Å²) in [7, 11) is 0. The highest BCUT2D eigenvalue weighted by Gasteiger charge is 2.46. The first-order chi connectivity index (χ1) is 13.8. The molecule has 160 valence electrons. The molecule has 4 aliphatic heterocycles. The van der Waals surface area contributed by atoms with Crippen molar-refractivity contribution in [2.75, 3.05) is 46.1 Å². The molecule has 0 aromatic rings. The third kappa shape index (κ3) is 4.02. The lowest BCUT2D eigenvalue weighted by Gasteiger charge is -2.52. The lowest BCUT2D eigenvalue weighted by molar-refractivity contribution is -0.0941. The van der Waals surface area contributed by atoms with Gasteiger partial charge in [-0.3, -0.25) is 4.90 Å². The van der Waals surface area contributed by atoms with Crippen molar-refractivity contribution in [1.29, 1.82) is 0 Å². The smallest absolute Gasteiger partial charge is 0.0665 e. The zero-order chi connectivity index (χ0) is 18.8. The van der Waals surface area contributed by atoms with Gasteiger partial charge in [-0.15, -0.1) is 0 Å². The first kappa shape index (κ1) is 19.7. The molecule has 1 N–H and O–H groups in total. The fourth-order valence-corrected chi connectivity index (χ4v) is 6.96. The van der Waals surface area contributed by atoms with Crippen molar-refractivity contribution in [1.82, 2.24) is 10.2 Å². The Morgan fingerprint density at radius 1 is 0.857 bits per heavy atom. The van der Waals surface area contributed by atoms with Gasteiger partial charge in [0, 0.05) is 13.1 Å². The van der Waals surface area contributed by atoms with Crippen LogP contribution in [0.15, 0.2) is 0 Å². The van der Waals surface area contributed by atoms with E-state index in [1.54, 1.807) is 0 Å². The van der Waals surface area contributed by atoms with Crippen LogP contribution in [0.2, 0.25) is 0 Å². The van der Waals surface area contributed by atoms with Gasteiger partial charge in [-0.1, -0.05) is 12.8 Å². The van der Waals surface area contributed by atoms with Gasteiger partial charge in [-0.2, -0.15) is 0 Å². The Hall–Kier alpha value is -0.200. The molecular weight excluding hydrogens is 352 g/mol. The standard InChI is InChI=1S/C23H40N2O3/c1-2-5-21-20(4-1)18-6-8-19(9-7-18)28-16-22-23(17-26-14-11-24-23)10-3-12-25(22)13-15-27-21/h18-22,24H,1-17H2/t18?,19?,20?,21?,22-,23+/m1/s1. The normalized spacial score (nSPS) is 46.1. The number of ether oxygens (including phenoxy) is 3. The molecule has 2 unspecified atom stereocenters. The van der Waals surface area contributed by atoms with Crippen LogP contribution in [-0.4, -0.2) is 74.8 Å². The first-order valence-electron chi connectivity index (χ1n) is 12.1. The molecule has 2 aliphatic carbocycles. The van der Waals surface area contributed by atoms with E-state index in [0.717, 1.165) is 51.4 Å². The quantitative estimate of drug-likeness (QED) is 0.687. The summed E-state index contributed by atoms with van der Waals surface area (Å²) in [4.78, 5) is 2.66. The van der Waals surface area contributed by atoms with Crippen LogP contribution in [-0.2, 0) is 14.2 Å². The Kier molecular flexibility index (Phi) is 6.27. The summed E-state index contributed by atoms with van der Waals surface area (Å²) in [6.45, 7) is 6.57. The summed E-state index contributed by atoms with van der Waals surface area (Å²) in [5, 5.41) is 3.86. The van der Waals surface area contributed by atoms with Crippen LogP contribution < -0.4 is 5.32 Å². The predicted octanol–water partition coefficient (Wildman–Crippen LogP) is 2.97. The van der Waals surface area contributed by atoms with Crippen molar-refractivity contribution in [3.8, 4) is 0 Å². The van der Waals surface area contributed by atoms with E-state index in [0.29, 0.717) is 18.2 Å². The van der Waals surface area contributed by atoms with E-state index < -0.39 is 0 Å². The van der Waals surface area contributed by atoms with Crippen molar-refractivity contribution >= 4 is 0 Å². The number of nitrogens with zero attached hydrogens (tertiary/aromatic N) is 1. The van der Waals surface area contributed by atoms with Crippen LogP contribution in [0.4, 0.5) is 0 Å². The van der Waals surface area contributed by atoms with Gasteiger partial charge in [0.2, 0.25) is 0 Å². The molecule has 2 bridgehead atoms. The van der Waals surface area contributed by atoms with E-state index in [-0.39, 0.29) is 5.54 Å². The Morgan fingerprint density at radius 2 is 1.75 bits per heavy atom. The summed E-state index contributed by atoms with van der Waals surface area (Å²) in [6, 6.07) is 0.408. The minimum Gasteiger partial charge on any atom is -0.378 e. The average Bonchev–Trinajstić information content (AvgIpc) is 2.76. The first-order valence-corrected chi connectivity index (χ1v) is 12.1.